The molecule has 1 amide bonds. The summed E-state index contributed by atoms with van der Waals surface area (Å²) in [6.07, 6.45) is 3.89. The van der Waals surface area contributed by atoms with Crippen LogP contribution in [0.3, 0.4) is 0 Å². The molecule has 0 bridgehead atoms. The van der Waals surface area contributed by atoms with Gasteiger partial charge in [-0.3, -0.25) is 4.79 Å². The number of carbonyl (C=O) groups excluding carboxylic acids is 1. The summed E-state index contributed by atoms with van der Waals surface area (Å²) in [5.74, 6) is -0.0587. The third-order valence-electron chi connectivity index (χ3n) is 2.41. The number of rotatable bonds is 4. The quantitative estimate of drug-likeness (QED) is 0.527. The van der Waals surface area contributed by atoms with Gasteiger partial charge < -0.3 is 5.32 Å². The smallest absolute Gasteiger partial charge is 0.239 e. The van der Waals surface area contributed by atoms with E-state index in [2.05, 4.69) is 22.1 Å². The van der Waals surface area contributed by atoms with Crippen LogP contribution in [-0.2, 0) is 4.79 Å². The van der Waals surface area contributed by atoms with Gasteiger partial charge in [0, 0.05) is 10.6 Å². The minimum absolute atomic E-state index is 0.0587. The number of carbonyl (C=O) groups is 1. The lowest BCUT2D eigenvalue weighted by molar-refractivity contribution is -0.118. The first kappa shape index (κ1) is 13.8. The number of halogens is 1. The fraction of sp³-hybridized carbons (Fsp3) is 0.154. The van der Waals surface area contributed by atoms with Crippen LogP contribution in [0.1, 0.15) is 12.0 Å². The molecule has 1 aromatic carbocycles. The van der Waals surface area contributed by atoms with E-state index in [1.165, 1.54) is 11.8 Å². The van der Waals surface area contributed by atoms with Gasteiger partial charge in [-0.2, -0.15) is 5.10 Å². The second kappa shape index (κ2) is 6.54. The fourth-order valence-corrected chi connectivity index (χ4v) is 2.59. The molecule has 0 aliphatic carbocycles. The van der Waals surface area contributed by atoms with E-state index in [4.69, 9.17) is 11.6 Å². The van der Waals surface area contributed by atoms with Gasteiger partial charge in [0.05, 0.1) is 11.5 Å². The molecule has 19 heavy (non-hydrogen) atoms. The molecular weight excluding hydrogens is 282 g/mol. The van der Waals surface area contributed by atoms with Gasteiger partial charge in [-0.05, 0) is 12.5 Å². The van der Waals surface area contributed by atoms with Crippen molar-refractivity contribution in [2.24, 2.45) is 10.2 Å². The van der Waals surface area contributed by atoms with Crippen LogP contribution in [0.25, 0.3) is 0 Å². The first-order chi connectivity index (χ1) is 9.20. The maximum atomic E-state index is 11.5. The number of nitrogens with zero attached hydrogens (tertiary/aromatic N) is 2. The highest BCUT2D eigenvalue weighted by Crippen LogP contribution is 2.22. The monoisotopic (exact) mass is 293 g/mol. The number of hydrogen-bond acceptors (Lipinski definition) is 4. The molecule has 1 heterocycles. The highest BCUT2D eigenvalue weighted by Gasteiger charge is 2.28. The molecule has 98 valence electrons. The third kappa shape index (κ3) is 3.68. The molecule has 1 aliphatic rings. The highest BCUT2D eigenvalue weighted by atomic mass is 35.5. The van der Waals surface area contributed by atoms with E-state index in [1.54, 1.807) is 18.4 Å². The zero-order valence-corrected chi connectivity index (χ0v) is 11.6. The molecule has 1 fully saturated rings. The lowest BCUT2D eigenvalue weighted by Crippen LogP contribution is -2.24. The molecule has 1 aromatic rings. The first-order valence-corrected chi connectivity index (χ1v) is 6.90. The Bertz CT molecular complexity index is 557. The predicted octanol–water partition coefficient (Wildman–Crippen LogP) is 2.84. The number of amides is 1. The van der Waals surface area contributed by atoms with E-state index in [-0.39, 0.29) is 11.2 Å². The first-order valence-electron chi connectivity index (χ1n) is 5.64. The molecular formula is C13H12ClN3OS. The van der Waals surface area contributed by atoms with Crippen LogP contribution in [0.2, 0.25) is 5.02 Å². The Morgan fingerprint density at radius 2 is 2.26 bits per heavy atom. The molecule has 0 saturated carbocycles. The van der Waals surface area contributed by atoms with Crippen molar-refractivity contribution in [2.75, 3.05) is 0 Å². The van der Waals surface area contributed by atoms with Crippen molar-refractivity contribution in [3.63, 3.8) is 0 Å². The minimum atomic E-state index is -0.160. The third-order valence-corrected chi connectivity index (χ3v) is 3.85. The highest BCUT2D eigenvalue weighted by molar-refractivity contribution is 8.15. The lowest BCUT2D eigenvalue weighted by Gasteiger charge is -1.97. The predicted molar refractivity (Wildman–Crippen MR) is 80.8 cm³/mol. The molecule has 1 atom stereocenters. The Balaban J connectivity index is 2.02. The molecule has 6 heteroatoms. The van der Waals surface area contributed by atoms with Crippen molar-refractivity contribution in [1.29, 1.82) is 0 Å². The second-order valence-corrected chi connectivity index (χ2v) is 5.39. The van der Waals surface area contributed by atoms with E-state index in [9.17, 15) is 4.79 Å². The molecule has 4 nitrogen and oxygen atoms in total. The van der Waals surface area contributed by atoms with Gasteiger partial charge in [-0.1, -0.05) is 47.6 Å². The number of benzene rings is 1. The SMILES string of the molecule is C=CC[C@@H]1S/C(=N\N=C/c2ccccc2Cl)NC1=O. The molecule has 1 saturated heterocycles. The van der Waals surface area contributed by atoms with Crippen molar-refractivity contribution in [2.45, 2.75) is 11.7 Å². The van der Waals surface area contributed by atoms with Crippen molar-refractivity contribution < 1.29 is 4.79 Å². The average molecular weight is 294 g/mol. The molecule has 1 aliphatic heterocycles. The van der Waals surface area contributed by atoms with Crippen LogP contribution in [-0.4, -0.2) is 22.5 Å². The van der Waals surface area contributed by atoms with Crippen LogP contribution in [0.5, 0.6) is 0 Å². The van der Waals surface area contributed by atoms with Crippen LogP contribution < -0.4 is 5.32 Å². The van der Waals surface area contributed by atoms with Gasteiger partial charge in [-0.25, -0.2) is 0 Å². The Hall–Kier alpha value is -1.59. The van der Waals surface area contributed by atoms with E-state index in [1.807, 2.05) is 18.2 Å². The fourth-order valence-electron chi connectivity index (χ4n) is 1.48. The zero-order valence-electron chi connectivity index (χ0n) is 10.0. The summed E-state index contributed by atoms with van der Waals surface area (Å²) < 4.78 is 0. The Morgan fingerprint density at radius 1 is 1.47 bits per heavy atom. The Morgan fingerprint density at radius 3 is 3.00 bits per heavy atom. The van der Waals surface area contributed by atoms with Crippen molar-refractivity contribution in [1.82, 2.24) is 5.32 Å². The second-order valence-electron chi connectivity index (χ2n) is 3.79. The van der Waals surface area contributed by atoms with Gasteiger partial charge in [0.15, 0.2) is 5.17 Å². The normalized spacial score (nSPS) is 21.0. The van der Waals surface area contributed by atoms with E-state index >= 15 is 0 Å². The summed E-state index contributed by atoms with van der Waals surface area (Å²) in [6, 6.07) is 7.33. The summed E-state index contributed by atoms with van der Waals surface area (Å²) in [4.78, 5) is 11.5. The maximum Gasteiger partial charge on any atom is 0.239 e. The van der Waals surface area contributed by atoms with Crippen LogP contribution in [0, 0.1) is 0 Å². The number of allylic oxidation sites excluding steroid dienone is 1. The number of nitrogens with one attached hydrogen (secondary N) is 1. The van der Waals surface area contributed by atoms with Crippen LogP contribution >= 0.6 is 23.4 Å². The van der Waals surface area contributed by atoms with Crippen molar-refractivity contribution in [3.05, 3.63) is 47.5 Å². The zero-order chi connectivity index (χ0) is 13.7. The summed E-state index contributed by atoms with van der Waals surface area (Å²) in [5.41, 5.74) is 0.783. The molecule has 0 unspecified atom stereocenters. The number of hydrogen-bond donors (Lipinski definition) is 1. The topological polar surface area (TPSA) is 53.8 Å². The maximum absolute atomic E-state index is 11.5. The van der Waals surface area contributed by atoms with Crippen LogP contribution in [0.4, 0.5) is 0 Å². The summed E-state index contributed by atoms with van der Waals surface area (Å²) in [6.45, 7) is 3.62. The summed E-state index contributed by atoms with van der Waals surface area (Å²) in [5, 5.41) is 11.5. The molecule has 0 aromatic heterocycles. The average Bonchev–Trinajstić information content (AvgIpc) is 2.73. The van der Waals surface area contributed by atoms with E-state index in [0.717, 1.165) is 5.56 Å². The van der Waals surface area contributed by atoms with Gasteiger partial charge in [0.1, 0.15) is 0 Å². The van der Waals surface area contributed by atoms with E-state index in [0.29, 0.717) is 16.6 Å². The molecule has 0 spiro atoms. The summed E-state index contributed by atoms with van der Waals surface area (Å²) in [7, 11) is 0. The van der Waals surface area contributed by atoms with Gasteiger partial charge in [0.25, 0.3) is 0 Å². The van der Waals surface area contributed by atoms with Crippen LogP contribution in [0.15, 0.2) is 47.1 Å². The molecule has 1 N–H and O–H groups in total. The van der Waals surface area contributed by atoms with E-state index < -0.39 is 0 Å². The lowest BCUT2D eigenvalue weighted by atomic mass is 10.2. The minimum Gasteiger partial charge on any atom is -0.303 e. The number of amidine groups is 1. The molecule has 0 radical (unpaired) electrons. The standard InChI is InChI=1S/C13H12ClN3OS/c1-2-5-11-12(18)16-13(19-11)17-15-8-9-6-3-4-7-10(9)14/h2-4,6-8,11H,1,5H2,(H,16,17,18)/b15-8-/t11-/m0/s1. The van der Waals surface area contributed by atoms with Gasteiger partial charge >= 0.3 is 0 Å². The number of thioether (sulfide) groups is 1. The van der Waals surface area contributed by atoms with Crippen molar-refractivity contribution >= 4 is 40.7 Å². The van der Waals surface area contributed by atoms with Crippen molar-refractivity contribution in [3.8, 4) is 0 Å². The molecule has 2 rings (SSSR count). The Kier molecular flexibility index (Phi) is 4.76. The summed E-state index contributed by atoms with van der Waals surface area (Å²) >= 11 is 7.34. The Labute approximate surface area is 120 Å². The van der Waals surface area contributed by atoms with Gasteiger partial charge in [0.2, 0.25) is 5.91 Å². The van der Waals surface area contributed by atoms with Gasteiger partial charge in [-0.15, -0.1) is 11.7 Å². The largest absolute Gasteiger partial charge is 0.303 e.